The van der Waals surface area contributed by atoms with Gasteiger partial charge in [-0.1, -0.05) is 0 Å². The van der Waals surface area contributed by atoms with Crippen molar-refractivity contribution in [1.82, 2.24) is 4.90 Å². The van der Waals surface area contributed by atoms with Crippen LogP contribution in [0.4, 0.5) is 0 Å². The Hall–Kier alpha value is -0.650. The van der Waals surface area contributed by atoms with Crippen LogP contribution in [0.3, 0.4) is 0 Å². The fraction of sp³-hybridized carbons (Fsp3) is 0.929. The zero-order chi connectivity index (χ0) is 13.5. The Morgan fingerprint density at radius 3 is 2.68 bits per heavy atom. The molecule has 0 aromatic rings. The SMILES string of the molecule is COCCOC1CCN(C(=O)CC2CCOC2)CC1. The second-order valence-corrected chi connectivity index (χ2v) is 5.38. The van der Waals surface area contributed by atoms with Gasteiger partial charge in [0.1, 0.15) is 0 Å². The Labute approximate surface area is 115 Å². The Balaban J connectivity index is 1.63. The summed E-state index contributed by atoms with van der Waals surface area (Å²) in [5, 5.41) is 0. The molecule has 5 heteroatoms. The summed E-state index contributed by atoms with van der Waals surface area (Å²) in [4.78, 5) is 14.1. The van der Waals surface area contributed by atoms with Gasteiger partial charge in [0.05, 0.1) is 19.3 Å². The molecule has 0 N–H and O–H groups in total. The van der Waals surface area contributed by atoms with E-state index < -0.39 is 0 Å². The average Bonchev–Trinajstić information content (AvgIpc) is 2.93. The van der Waals surface area contributed by atoms with Crippen LogP contribution in [0.15, 0.2) is 0 Å². The van der Waals surface area contributed by atoms with Gasteiger partial charge in [0.25, 0.3) is 0 Å². The number of hydrogen-bond acceptors (Lipinski definition) is 4. The molecule has 2 rings (SSSR count). The number of amides is 1. The number of hydrogen-bond donors (Lipinski definition) is 0. The Kier molecular flexibility index (Phi) is 6.07. The molecule has 0 aromatic heterocycles. The van der Waals surface area contributed by atoms with Gasteiger partial charge in [0, 0.05) is 39.8 Å². The first-order chi connectivity index (χ1) is 9.29. The highest BCUT2D eigenvalue weighted by atomic mass is 16.5. The van der Waals surface area contributed by atoms with Crippen molar-refractivity contribution in [2.45, 2.75) is 31.8 Å². The smallest absolute Gasteiger partial charge is 0.222 e. The van der Waals surface area contributed by atoms with Crippen LogP contribution in [0, 0.1) is 5.92 Å². The summed E-state index contributed by atoms with van der Waals surface area (Å²) in [6.07, 6.45) is 3.85. The van der Waals surface area contributed by atoms with Gasteiger partial charge in [0.2, 0.25) is 5.91 Å². The van der Waals surface area contributed by atoms with E-state index in [4.69, 9.17) is 14.2 Å². The van der Waals surface area contributed by atoms with E-state index >= 15 is 0 Å². The molecule has 1 unspecified atom stereocenters. The monoisotopic (exact) mass is 271 g/mol. The van der Waals surface area contributed by atoms with E-state index in [-0.39, 0.29) is 12.0 Å². The molecule has 2 saturated heterocycles. The molecule has 0 radical (unpaired) electrons. The van der Waals surface area contributed by atoms with Crippen molar-refractivity contribution in [3.8, 4) is 0 Å². The third kappa shape index (κ3) is 4.75. The quantitative estimate of drug-likeness (QED) is 0.678. The second kappa shape index (κ2) is 7.82. The van der Waals surface area contributed by atoms with Crippen LogP contribution in [-0.2, 0) is 19.0 Å². The molecule has 5 nitrogen and oxygen atoms in total. The molecule has 0 bridgehead atoms. The van der Waals surface area contributed by atoms with E-state index in [2.05, 4.69) is 0 Å². The highest BCUT2D eigenvalue weighted by molar-refractivity contribution is 5.76. The minimum atomic E-state index is 0.283. The van der Waals surface area contributed by atoms with Crippen molar-refractivity contribution in [2.75, 3.05) is 46.6 Å². The fourth-order valence-corrected chi connectivity index (χ4v) is 2.69. The van der Waals surface area contributed by atoms with Gasteiger partial charge in [-0.15, -0.1) is 0 Å². The lowest BCUT2D eigenvalue weighted by Gasteiger charge is -2.32. The average molecular weight is 271 g/mol. The highest BCUT2D eigenvalue weighted by Gasteiger charge is 2.26. The van der Waals surface area contributed by atoms with Crippen LogP contribution in [-0.4, -0.2) is 63.5 Å². The third-order valence-electron chi connectivity index (χ3n) is 3.92. The molecule has 2 aliphatic heterocycles. The van der Waals surface area contributed by atoms with Crippen LogP contribution >= 0.6 is 0 Å². The summed E-state index contributed by atoms with van der Waals surface area (Å²) in [5.41, 5.74) is 0. The summed E-state index contributed by atoms with van der Waals surface area (Å²) in [6, 6.07) is 0. The summed E-state index contributed by atoms with van der Waals surface area (Å²) < 4.78 is 16.0. The molecule has 2 fully saturated rings. The lowest BCUT2D eigenvalue weighted by atomic mass is 10.0. The molecule has 110 valence electrons. The standard InChI is InChI=1S/C14H25NO4/c1-17-8-9-19-13-2-5-15(6-3-13)14(16)10-12-4-7-18-11-12/h12-13H,2-11H2,1H3. The Morgan fingerprint density at radius 1 is 1.26 bits per heavy atom. The molecule has 0 aromatic carbocycles. The predicted molar refractivity (Wildman–Crippen MR) is 71.0 cm³/mol. The number of methoxy groups -OCH3 is 1. The maximum absolute atomic E-state index is 12.1. The molecular weight excluding hydrogens is 246 g/mol. The highest BCUT2D eigenvalue weighted by Crippen LogP contribution is 2.20. The molecule has 19 heavy (non-hydrogen) atoms. The molecule has 0 spiro atoms. The van der Waals surface area contributed by atoms with Gasteiger partial charge in [-0.3, -0.25) is 4.79 Å². The summed E-state index contributed by atoms with van der Waals surface area (Å²) in [7, 11) is 1.68. The second-order valence-electron chi connectivity index (χ2n) is 5.38. The number of carbonyl (C=O) groups is 1. The van der Waals surface area contributed by atoms with Crippen LogP contribution in [0.25, 0.3) is 0 Å². The van der Waals surface area contributed by atoms with E-state index in [9.17, 15) is 4.79 Å². The van der Waals surface area contributed by atoms with Crippen LogP contribution < -0.4 is 0 Å². The van der Waals surface area contributed by atoms with Crippen LogP contribution in [0.2, 0.25) is 0 Å². The van der Waals surface area contributed by atoms with Crippen molar-refractivity contribution in [2.24, 2.45) is 5.92 Å². The lowest BCUT2D eigenvalue weighted by molar-refractivity contribution is -0.135. The summed E-state index contributed by atoms with van der Waals surface area (Å²) in [5.74, 6) is 0.717. The van der Waals surface area contributed by atoms with Gasteiger partial charge < -0.3 is 19.1 Å². The Bertz CT molecular complexity index is 271. The van der Waals surface area contributed by atoms with E-state index in [0.29, 0.717) is 25.6 Å². The summed E-state index contributed by atoms with van der Waals surface area (Å²) in [6.45, 7) is 4.50. The van der Waals surface area contributed by atoms with Crippen molar-refractivity contribution in [3.63, 3.8) is 0 Å². The zero-order valence-electron chi connectivity index (χ0n) is 11.8. The molecule has 2 heterocycles. The van der Waals surface area contributed by atoms with Crippen molar-refractivity contribution in [3.05, 3.63) is 0 Å². The van der Waals surface area contributed by atoms with E-state index in [1.165, 1.54) is 0 Å². The molecule has 1 amide bonds. The van der Waals surface area contributed by atoms with Gasteiger partial charge in [-0.25, -0.2) is 0 Å². The lowest BCUT2D eigenvalue weighted by Crippen LogP contribution is -2.41. The largest absolute Gasteiger partial charge is 0.382 e. The number of piperidine rings is 1. The minimum Gasteiger partial charge on any atom is -0.382 e. The maximum atomic E-state index is 12.1. The fourth-order valence-electron chi connectivity index (χ4n) is 2.69. The first kappa shape index (κ1) is 14.8. The number of nitrogens with zero attached hydrogens (tertiary/aromatic N) is 1. The molecule has 0 saturated carbocycles. The minimum absolute atomic E-state index is 0.283. The van der Waals surface area contributed by atoms with Gasteiger partial charge in [0.15, 0.2) is 0 Å². The van der Waals surface area contributed by atoms with Gasteiger partial charge in [-0.2, -0.15) is 0 Å². The van der Waals surface area contributed by atoms with E-state index in [1.54, 1.807) is 7.11 Å². The van der Waals surface area contributed by atoms with Crippen LogP contribution in [0.1, 0.15) is 25.7 Å². The first-order valence-corrected chi connectivity index (χ1v) is 7.25. The molecule has 2 aliphatic rings. The van der Waals surface area contributed by atoms with Gasteiger partial charge >= 0.3 is 0 Å². The molecule has 0 aliphatic carbocycles. The van der Waals surface area contributed by atoms with E-state index in [1.807, 2.05) is 4.90 Å². The third-order valence-corrected chi connectivity index (χ3v) is 3.92. The maximum Gasteiger partial charge on any atom is 0.222 e. The van der Waals surface area contributed by atoms with Crippen molar-refractivity contribution < 1.29 is 19.0 Å². The molecular formula is C14H25NO4. The number of likely N-dealkylation sites (tertiary alicyclic amines) is 1. The predicted octanol–water partition coefficient (Wildman–Crippen LogP) is 1.07. The topological polar surface area (TPSA) is 48.0 Å². The Morgan fingerprint density at radius 2 is 2.05 bits per heavy atom. The number of carbonyl (C=O) groups excluding carboxylic acids is 1. The number of ether oxygens (including phenoxy) is 3. The van der Waals surface area contributed by atoms with Gasteiger partial charge in [-0.05, 0) is 25.2 Å². The first-order valence-electron chi connectivity index (χ1n) is 7.25. The van der Waals surface area contributed by atoms with Crippen molar-refractivity contribution >= 4 is 5.91 Å². The number of rotatable bonds is 6. The zero-order valence-corrected chi connectivity index (χ0v) is 11.8. The van der Waals surface area contributed by atoms with E-state index in [0.717, 1.165) is 45.6 Å². The van der Waals surface area contributed by atoms with Crippen molar-refractivity contribution in [1.29, 1.82) is 0 Å². The normalized spacial score (nSPS) is 24.9. The van der Waals surface area contributed by atoms with Crippen LogP contribution in [0.5, 0.6) is 0 Å². The summed E-state index contributed by atoms with van der Waals surface area (Å²) >= 11 is 0. The molecule has 1 atom stereocenters.